The van der Waals surface area contributed by atoms with Gasteiger partial charge in [-0.2, -0.15) is 0 Å². The smallest absolute Gasteiger partial charge is 0.211 e. The summed E-state index contributed by atoms with van der Waals surface area (Å²) >= 11 is 6.05. The number of pyridine rings is 1. The third kappa shape index (κ3) is 2.45. The summed E-state index contributed by atoms with van der Waals surface area (Å²) in [5.74, 6) is -0.610. The minimum Gasteiger partial charge on any atom is -0.375 e. The van der Waals surface area contributed by atoms with Crippen LogP contribution in [0.1, 0.15) is 26.4 Å². The van der Waals surface area contributed by atoms with Crippen LogP contribution < -0.4 is 5.32 Å². The highest BCUT2D eigenvalue weighted by Gasteiger charge is 2.30. The van der Waals surface area contributed by atoms with Crippen molar-refractivity contribution in [3.63, 3.8) is 0 Å². The van der Waals surface area contributed by atoms with Crippen molar-refractivity contribution in [3.05, 3.63) is 76.2 Å². The second-order valence-electron chi connectivity index (χ2n) is 4.57. The number of benzene rings is 1. The Labute approximate surface area is 126 Å². The molecule has 0 saturated heterocycles. The van der Waals surface area contributed by atoms with Gasteiger partial charge >= 0.3 is 0 Å². The van der Waals surface area contributed by atoms with Crippen LogP contribution in [0.2, 0.25) is 0 Å². The average Bonchev–Trinajstić information content (AvgIpc) is 2.54. The van der Waals surface area contributed by atoms with Gasteiger partial charge in [0, 0.05) is 17.3 Å². The Kier molecular flexibility index (Phi) is 3.54. The number of allylic oxidation sites excluding steroid dienone is 2. The fourth-order valence-corrected chi connectivity index (χ4v) is 2.44. The normalized spacial score (nSPS) is 14.1. The zero-order valence-corrected chi connectivity index (χ0v) is 11.7. The van der Waals surface area contributed by atoms with Crippen molar-refractivity contribution < 1.29 is 9.59 Å². The zero-order chi connectivity index (χ0) is 14.8. The molecule has 0 spiro atoms. The van der Waals surface area contributed by atoms with Crippen LogP contribution >= 0.6 is 11.6 Å². The maximum atomic E-state index is 12.4. The lowest BCUT2D eigenvalue weighted by Crippen LogP contribution is -2.29. The van der Waals surface area contributed by atoms with E-state index in [1.165, 1.54) is 0 Å². The predicted molar refractivity (Wildman–Crippen MR) is 79.1 cm³/mol. The molecule has 0 bridgehead atoms. The molecule has 1 heterocycles. The summed E-state index contributed by atoms with van der Waals surface area (Å²) in [4.78, 5) is 28.8. The predicted octanol–water partition coefficient (Wildman–Crippen LogP) is 2.70. The average molecular weight is 299 g/mol. The molecule has 3 rings (SSSR count). The third-order valence-electron chi connectivity index (χ3n) is 3.23. The number of nitrogens with one attached hydrogen (secondary N) is 1. The molecule has 1 N–H and O–H groups in total. The highest BCUT2D eigenvalue weighted by Crippen LogP contribution is 2.27. The molecule has 0 atom stereocenters. The van der Waals surface area contributed by atoms with Crippen LogP contribution in [0.3, 0.4) is 0 Å². The second-order valence-corrected chi connectivity index (χ2v) is 4.95. The van der Waals surface area contributed by atoms with Gasteiger partial charge in [-0.05, 0) is 12.1 Å². The van der Waals surface area contributed by atoms with E-state index in [-0.39, 0.29) is 22.3 Å². The number of aromatic nitrogens is 1. The first kappa shape index (κ1) is 13.5. The van der Waals surface area contributed by atoms with Crippen LogP contribution in [0.25, 0.3) is 0 Å². The number of nitrogens with zero attached hydrogens (tertiary/aromatic N) is 1. The topological polar surface area (TPSA) is 59.1 Å². The lowest BCUT2D eigenvalue weighted by molar-refractivity contribution is 0.0974. The van der Waals surface area contributed by atoms with E-state index in [1.54, 1.807) is 36.5 Å². The van der Waals surface area contributed by atoms with Gasteiger partial charge in [-0.15, -0.1) is 0 Å². The lowest BCUT2D eigenvalue weighted by atomic mass is 9.92. The Morgan fingerprint density at radius 1 is 0.952 bits per heavy atom. The van der Waals surface area contributed by atoms with Crippen LogP contribution in [0.5, 0.6) is 0 Å². The molecule has 1 aliphatic rings. The number of carbonyl (C=O) groups is 2. The summed E-state index contributed by atoms with van der Waals surface area (Å²) in [5, 5.41) is 2.85. The molecular weight excluding hydrogens is 288 g/mol. The first-order chi connectivity index (χ1) is 10.2. The Balaban J connectivity index is 1.90. The van der Waals surface area contributed by atoms with E-state index in [1.807, 2.05) is 12.1 Å². The third-order valence-corrected chi connectivity index (χ3v) is 3.60. The van der Waals surface area contributed by atoms with Gasteiger partial charge in [0.05, 0.1) is 12.2 Å². The molecule has 1 aromatic carbocycles. The van der Waals surface area contributed by atoms with Crippen LogP contribution in [-0.4, -0.2) is 16.6 Å². The first-order valence-corrected chi connectivity index (χ1v) is 6.78. The molecule has 1 aromatic heterocycles. The molecule has 21 heavy (non-hydrogen) atoms. The first-order valence-electron chi connectivity index (χ1n) is 6.40. The molecule has 2 aromatic rings. The van der Waals surface area contributed by atoms with Crippen molar-refractivity contribution in [2.75, 3.05) is 0 Å². The maximum absolute atomic E-state index is 12.4. The highest BCUT2D eigenvalue weighted by atomic mass is 35.5. The van der Waals surface area contributed by atoms with Gasteiger partial charge in [-0.25, -0.2) is 0 Å². The summed E-state index contributed by atoms with van der Waals surface area (Å²) in [6.07, 6.45) is 1.66. The molecule has 4 nitrogen and oxygen atoms in total. The van der Waals surface area contributed by atoms with Gasteiger partial charge in [0.1, 0.15) is 10.7 Å². The summed E-state index contributed by atoms with van der Waals surface area (Å²) in [5.41, 5.74) is 1.60. The van der Waals surface area contributed by atoms with Crippen molar-refractivity contribution >= 4 is 23.2 Å². The number of hydrogen-bond acceptors (Lipinski definition) is 4. The second kappa shape index (κ2) is 5.50. The Bertz CT molecular complexity index is 754. The number of Topliss-reactive ketones (excluding diaryl/α,β-unsaturated/α-hetero) is 2. The zero-order valence-electron chi connectivity index (χ0n) is 11.0. The van der Waals surface area contributed by atoms with E-state index >= 15 is 0 Å². The summed E-state index contributed by atoms with van der Waals surface area (Å²) in [6.45, 7) is 0.327. The molecule has 0 radical (unpaired) electrons. The molecule has 1 aliphatic carbocycles. The van der Waals surface area contributed by atoms with Gasteiger partial charge in [0.25, 0.3) is 0 Å². The minimum atomic E-state index is -0.338. The SMILES string of the molecule is O=C1C(Cl)=C(NCc2ccccn2)C(=O)c2ccccc21. The Hall–Kier alpha value is -2.46. The molecule has 0 unspecified atom stereocenters. The van der Waals surface area contributed by atoms with E-state index in [9.17, 15) is 9.59 Å². The molecule has 104 valence electrons. The molecule has 0 saturated carbocycles. The summed E-state index contributed by atoms with van der Waals surface area (Å²) < 4.78 is 0. The van der Waals surface area contributed by atoms with E-state index in [0.29, 0.717) is 17.7 Å². The number of ketones is 2. The van der Waals surface area contributed by atoms with Gasteiger partial charge < -0.3 is 5.32 Å². The van der Waals surface area contributed by atoms with Crippen LogP contribution in [0, 0.1) is 0 Å². The fourth-order valence-electron chi connectivity index (χ4n) is 2.18. The van der Waals surface area contributed by atoms with E-state index in [2.05, 4.69) is 10.3 Å². The molecule has 0 aliphatic heterocycles. The van der Waals surface area contributed by atoms with Crippen LogP contribution in [0.15, 0.2) is 59.4 Å². The molecule has 0 fully saturated rings. The van der Waals surface area contributed by atoms with Crippen LogP contribution in [0.4, 0.5) is 0 Å². The highest BCUT2D eigenvalue weighted by molar-refractivity contribution is 6.49. The van der Waals surface area contributed by atoms with E-state index in [0.717, 1.165) is 5.69 Å². The van der Waals surface area contributed by atoms with Crippen molar-refractivity contribution in [2.45, 2.75) is 6.54 Å². The number of fused-ring (bicyclic) bond motifs is 1. The Morgan fingerprint density at radius 2 is 1.62 bits per heavy atom. The van der Waals surface area contributed by atoms with Crippen molar-refractivity contribution in [1.29, 1.82) is 0 Å². The van der Waals surface area contributed by atoms with E-state index in [4.69, 9.17) is 11.6 Å². The maximum Gasteiger partial charge on any atom is 0.211 e. The number of carbonyl (C=O) groups excluding carboxylic acids is 2. The van der Waals surface area contributed by atoms with Crippen molar-refractivity contribution in [3.8, 4) is 0 Å². The monoisotopic (exact) mass is 298 g/mol. The number of hydrogen-bond donors (Lipinski definition) is 1. The lowest BCUT2D eigenvalue weighted by Gasteiger charge is -2.18. The molecule has 5 heteroatoms. The fraction of sp³-hybridized carbons (Fsp3) is 0.0625. The summed E-state index contributed by atoms with van der Waals surface area (Å²) in [6, 6.07) is 12.1. The van der Waals surface area contributed by atoms with Crippen molar-refractivity contribution in [2.24, 2.45) is 0 Å². The van der Waals surface area contributed by atoms with Gasteiger partial charge in [-0.1, -0.05) is 41.9 Å². The van der Waals surface area contributed by atoms with Gasteiger partial charge in [-0.3, -0.25) is 14.6 Å². The Morgan fingerprint density at radius 3 is 2.29 bits per heavy atom. The molecule has 0 amide bonds. The number of rotatable bonds is 3. The van der Waals surface area contributed by atoms with Gasteiger partial charge in [0.15, 0.2) is 0 Å². The van der Waals surface area contributed by atoms with Crippen molar-refractivity contribution in [1.82, 2.24) is 10.3 Å². The number of halogens is 1. The minimum absolute atomic E-state index is 0.0744. The molecular formula is C16H11ClN2O2. The van der Waals surface area contributed by atoms with E-state index < -0.39 is 0 Å². The van der Waals surface area contributed by atoms with Crippen LogP contribution in [-0.2, 0) is 6.54 Å². The van der Waals surface area contributed by atoms with Gasteiger partial charge in [0.2, 0.25) is 11.6 Å². The largest absolute Gasteiger partial charge is 0.375 e. The standard InChI is InChI=1S/C16H11ClN2O2/c17-13-14(19-9-10-5-3-4-8-18-10)16(21)12-7-2-1-6-11(12)15(13)20/h1-8,19H,9H2. The quantitative estimate of drug-likeness (QED) is 0.946. The summed E-state index contributed by atoms with van der Waals surface area (Å²) in [7, 11) is 0.